The fourth-order valence-corrected chi connectivity index (χ4v) is 11.7. The van der Waals surface area contributed by atoms with E-state index in [-0.39, 0.29) is 35.8 Å². The van der Waals surface area contributed by atoms with Gasteiger partial charge in [-0.1, -0.05) is 60.7 Å². The molecule has 2 amide bonds. The first kappa shape index (κ1) is 58.2. The van der Waals surface area contributed by atoms with Gasteiger partial charge in [-0.2, -0.15) is 29.2 Å². The number of rotatable bonds is 18. The molecule has 12 aromatic rings. The summed E-state index contributed by atoms with van der Waals surface area (Å²) in [4.78, 5) is 55.9. The molecule has 2 aliphatic rings. The first-order valence-electron chi connectivity index (χ1n) is 29.5. The summed E-state index contributed by atoms with van der Waals surface area (Å²) >= 11 is 0. The van der Waals surface area contributed by atoms with E-state index in [1.165, 1.54) is 9.03 Å². The highest BCUT2D eigenvalue weighted by atomic mass is 16.5. The number of nitrogens with zero attached hydrogens (tertiary/aromatic N) is 16. The number of carbonyl (C=O) groups is 2. The Balaban J connectivity index is 0.000000165. The number of benzene rings is 4. The Hall–Kier alpha value is -10.9. The third-order valence-electron chi connectivity index (χ3n) is 16.1. The van der Waals surface area contributed by atoms with E-state index in [1.807, 2.05) is 94.7 Å². The summed E-state index contributed by atoms with van der Waals surface area (Å²) in [5, 5.41) is 19.6. The Morgan fingerprint density at radius 1 is 0.511 bits per heavy atom. The SMILES string of the molecule is COCCOc1ccc(N2CCN(C(=O)[C@@H](c3ccccc3)n3ncc4c3nc(N)n3nc(-c5ccco5)nc43)C[C@H]2C)cc1.COCCOc1ccc(N2CCN(C(=O)[C@H](c3ccccc3)n3ncc4c3nc(N)n3nc(-c5ccco5)nc43)C[C@H]2C)cc1. The minimum absolute atomic E-state index is 0.0717. The predicted molar refractivity (Wildman–Crippen MR) is 336 cm³/mol. The Labute approximate surface area is 515 Å². The van der Waals surface area contributed by atoms with Crippen LogP contribution in [-0.2, 0) is 19.1 Å². The third-order valence-corrected chi connectivity index (χ3v) is 16.1. The summed E-state index contributed by atoms with van der Waals surface area (Å²) in [5.74, 6) is 3.48. The van der Waals surface area contributed by atoms with Gasteiger partial charge in [-0.25, -0.2) is 19.3 Å². The molecule has 10 heterocycles. The molecule has 90 heavy (non-hydrogen) atoms. The van der Waals surface area contributed by atoms with Gasteiger partial charge in [-0.3, -0.25) is 9.59 Å². The quantitative estimate of drug-likeness (QED) is 0.0795. The van der Waals surface area contributed by atoms with Crippen molar-refractivity contribution in [3.8, 4) is 34.7 Å². The van der Waals surface area contributed by atoms with Crippen molar-refractivity contribution >= 4 is 68.4 Å². The molecule has 0 aliphatic carbocycles. The lowest BCUT2D eigenvalue weighted by Crippen LogP contribution is -2.55. The summed E-state index contributed by atoms with van der Waals surface area (Å²) in [6.07, 6.45) is 6.43. The maximum Gasteiger partial charge on any atom is 0.252 e. The Bertz CT molecular complexity index is 4120. The molecule has 2 aliphatic heterocycles. The van der Waals surface area contributed by atoms with Crippen molar-refractivity contribution in [2.45, 2.75) is 38.0 Å². The summed E-state index contributed by atoms with van der Waals surface area (Å²) < 4.78 is 38.7. The molecular formula is C64H66N18O8. The fraction of sp³-hybridized carbons (Fsp3) is 0.281. The maximum atomic E-state index is 14.4. The van der Waals surface area contributed by atoms with E-state index in [0.717, 1.165) is 34.0 Å². The van der Waals surface area contributed by atoms with Crippen LogP contribution >= 0.6 is 0 Å². The number of fused-ring (bicyclic) bond motifs is 6. The van der Waals surface area contributed by atoms with E-state index in [0.29, 0.717) is 122 Å². The molecule has 0 spiro atoms. The zero-order chi connectivity index (χ0) is 61.8. The summed E-state index contributed by atoms with van der Waals surface area (Å²) in [6, 6.07) is 41.0. The number of hydrogen-bond acceptors (Lipinski definition) is 20. The minimum Gasteiger partial charge on any atom is -0.491 e. The van der Waals surface area contributed by atoms with Crippen LogP contribution in [0.15, 0.2) is 167 Å². The fourth-order valence-electron chi connectivity index (χ4n) is 11.7. The molecule has 2 saturated heterocycles. The first-order valence-corrected chi connectivity index (χ1v) is 29.5. The van der Waals surface area contributed by atoms with E-state index in [4.69, 9.17) is 39.2 Å². The molecule has 4 aromatic carbocycles. The van der Waals surface area contributed by atoms with Gasteiger partial charge in [0.25, 0.3) is 11.8 Å². The van der Waals surface area contributed by atoms with Crippen molar-refractivity contribution in [2.75, 3.05) is 101 Å². The number of amides is 2. The highest BCUT2D eigenvalue weighted by Crippen LogP contribution is 2.34. The zero-order valence-electron chi connectivity index (χ0n) is 50.0. The Morgan fingerprint density at radius 3 is 1.29 bits per heavy atom. The van der Waals surface area contributed by atoms with Crippen LogP contribution in [0.4, 0.5) is 23.3 Å². The highest BCUT2D eigenvalue weighted by molar-refractivity contribution is 5.94. The van der Waals surface area contributed by atoms with Gasteiger partial charge >= 0.3 is 0 Å². The molecule has 26 heteroatoms. The summed E-state index contributed by atoms with van der Waals surface area (Å²) in [6.45, 7) is 9.88. The molecular weight excluding hydrogens is 1150 g/mol. The predicted octanol–water partition coefficient (Wildman–Crippen LogP) is 7.34. The smallest absolute Gasteiger partial charge is 0.252 e. The second kappa shape index (κ2) is 25.5. The van der Waals surface area contributed by atoms with Crippen LogP contribution < -0.4 is 30.7 Å². The van der Waals surface area contributed by atoms with Crippen LogP contribution in [0.25, 0.3) is 56.5 Å². The Morgan fingerprint density at radius 2 is 0.922 bits per heavy atom. The molecule has 4 atom stereocenters. The monoisotopic (exact) mass is 1210 g/mol. The molecule has 0 unspecified atom stereocenters. The lowest BCUT2D eigenvalue weighted by atomic mass is 10.0. The summed E-state index contributed by atoms with van der Waals surface area (Å²) in [7, 11) is 3.30. The van der Waals surface area contributed by atoms with Crippen molar-refractivity contribution < 1.29 is 37.4 Å². The number of anilines is 4. The second-order valence-electron chi connectivity index (χ2n) is 21.8. The lowest BCUT2D eigenvalue weighted by molar-refractivity contribution is -0.135. The Kier molecular flexibility index (Phi) is 16.5. The molecule has 0 bridgehead atoms. The van der Waals surface area contributed by atoms with E-state index >= 15 is 0 Å². The zero-order valence-corrected chi connectivity index (χ0v) is 50.0. The topological polar surface area (TPSA) is 284 Å². The molecule has 2 fully saturated rings. The van der Waals surface area contributed by atoms with Gasteiger partial charge < -0.3 is 58.8 Å². The van der Waals surface area contributed by atoms with E-state index in [1.54, 1.807) is 72.8 Å². The van der Waals surface area contributed by atoms with Gasteiger partial charge in [0.2, 0.25) is 23.5 Å². The van der Waals surface area contributed by atoms with Crippen LogP contribution in [0.1, 0.15) is 37.1 Å². The number of hydrogen-bond donors (Lipinski definition) is 2. The van der Waals surface area contributed by atoms with E-state index in [2.05, 4.69) is 88.2 Å². The minimum atomic E-state index is -0.757. The lowest BCUT2D eigenvalue weighted by Gasteiger charge is -2.42. The molecule has 4 N–H and O–H groups in total. The van der Waals surface area contributed by atoms with Gasteiger partial charge in [0.15, 0.2) is 46.2 Å². The van der Waals surface area contributed by atoms with Gasteiger partial charge in [-0.15, -0.1) is 10.2 Å². The third kappa shape index (κ3) is 11.5. The van der Waals surface area contributed by atoms with Crippen molar-refractivity contribution in [3.63, 3.8) is 0 Å². The van der Waals surface area contributed by atoms with Crippen LogP contribution in [0.3, 0.4) is 0 Å². The number of carbonyl (C=O) groups excluding carboxylic acids is 2. The van der Waals surface area contributed by atoms with Gasteiger partial charge in [-0.05, 0) is 97.8 Å². The molecule has 0 saturated carbocycles. The van der Waals surface area contributed by atoms with Crippen LogP contribution in [0.2, 0.25) is 0 Å². The number of aromatic nitrogens is 12. The molecule has 8 aromatic heterocycles. The number of furan rings is 2. The molecule has 14 rings (SSSR count). The molecule has 26 nitrogen and oxygen atoms in total. The van der Waals surface area contributed by atoms with E-state index in [9.17, 15) is 9.59 Å². The van der Waals surface area contributed by atoms with Crippen LogP contribution in [0, 0.1) is 0 Å². The number of ether oxygens (including phenoxy) is 4. The number of piperazine rings is 2. The molecule has 0 radical (unpaired) electrons. The number of nitrogen functional groups attached to an aromatic ring is 2. The summed E-state index contributed by atoms with van der Waals surface area (Å²) in [5.41, 5.74) is 18.3. The second-order valence-corrected chi connectivity index (χ2v) is 21.8. The average molecular weight is 1220 g/mol. The van der Waals surface area contributed by atoms with Gasteiger partial charge in [0.05, 0.1) is 48.9 Å². The maximum absolute atomic E-state index is 14.4. The van der Waals surface area contributed by atoms with Gasteiger partial charge in [0, 0.05) is 76.9 Å². The number of methoxy groups -OCH3 is 2. The molecule has 460 valence electrons. The van der Waals surface area contributed by atoms with Crippen LogP contribution in [-0.4, -0.2) is 172 Å². The van der Waals surface area contributed by atoms with E-state index < -0.39 is 12.1 Å². The first-order chi connectivity index (χ1) is 44.0. The largest absolute Gasteiger partial charge is 0.491 e. The average Bonchev–Trinajstić information content (AvgIpc) is 1.60. The van der Waals surface area contributed by atoms with Crippen molar-refractivity contribution in [1.82, 2.24) is 68.5 Å². The number of nitrogens with two attached hydrogens (primary N) is 2. The van der Waals surface area contributed by atoms with Crippen molar-refractivity contribution in [1.29, 1.82) is 0 Å². The normalized spacial score (nSPS) is 16.0. The van der Waals surface area contributed by atoms with Crippen LogP contribution in [0.5, 0.6) is 11.5 Å². The van der Waals surface area contributed by atoms with Crippen molar-refractivity contribution in [3.05, 3.63) is 170 Å². The van der Waals surface area contributed by atoms with Crippen molar-refractivity contribution in [2.24, 2.45) is 0 Å². The highest BCUT2D eigenvalue weighted by Gasteiger charge is 2.37. The van der Waals surface area contributed by atoms with Gasteiger partial charge in [0.1, 0.15) is 24.7 Å². The standard InChI is InChI=1S/2C32H33N9O4/c2*1-21-20-38(14-15-39(21)23-10-12-24(13-11-23)44-18-17-43-2)31(42)27(22-7-4-3-5-8-22)40-30-25(19-34-40)29-35-28(26-9-6-16-45-26)37-41(29)32(33)36-30/h2*3-13,16,19,21,27H,14-15,17-18,20H2,1-2H3,(H2,33,36)/t21-,27+;21-,27-/m11/s1.